The summed E-state index contributed by atoms with van der Waals surface area (Å²) < 4.78 is 5.56. The molecule has 2 aromatic carbocycles. The van der Waals surface area contributed by atoms with Crippen molar-refractivity contribution in [2.24, 2.45) is 4.99 Å². The number of hydrogen-bond acceptors (Lipinski definition) is 4. The molecule has 3 N–H and O–H groups in total. The van der Waals surface area contributed by atoms with Crippen molar-refractivity contribution in [2.45, 2.75) is 19.9 Å². The van der Waals surface area contributed by atoms with Gasteiger partial charge in [-0.25, -0.2) is 4.98 Å². The lowest BCUT2D eigenvalue weighted by Gasteiger charge is -2.11. The quantitative estimate of drug-likeness (QED) is 0.235. The Labute approximate surface area is 199 Å². The first-order chi connectivity index (χ1) is 14.6. The zero-order chi connectivity index (χ0) is 21.2. The van der Waals surface area contributed by atoms with Crippen LogP contribution in [0.2, 0.25) is 0 Å². The van der Waals surface area contributed by atoms with Gasteiger partial charge in [-0.05, 0) is 31.0 Å². The molecule has 0 saturated carbocycles. The second-order valence-electron chi connectivity index (χ2n) is 6.87. The smallest absolute Gasteiger partial charge is 0.239 e. The van der Waals surface area contributed by atoms with E-state index >= 15 is 0 Å². The van der Waals surface area contributed by atoms with Gasteiger partial charge in [0.1, 0.15) is 6.26 Å². The Kier molecular flexibility index (Phi) is 10.0. The van der Waals surface area contributed by atoms with Gasteiger partial charge in [-0.2, -0.15) is 0 Å². The predicted molar refractivity (Wildman–Crippen MR) is 133 cm³/mol. The number of nitrogens with zero attached hydrogens (tertiary/aromatic N) is 2. The van der Waals surface area contributed by atoms with Gasteiger partial charge < -0.3 is 20.4 Å². The maximum absolute atomic E-state index is 12.0. The van der Waals surface area contributed by atoms with E-state index in [9.17, 15) is 4.79 Å². The van der Waals surface area contributed by atoms with Crippen molar-refractivity contribution in [1.82, 2.24) is 20.9 Å². The lowest BCUT2D eigenvalue weighted by Crippen LogP contribution is -2.43. The predicted octanol–water partition coefficient (Wildman–Crippen LogP) is 3.29. The highest BCUT2D eigenvalue weighted by Crippen LogP contribution is 2.18. The number of aliphatic imine (C=N–C) groups is 1. The molecule has 0 aliphatic rings. The van der Waals surface area contributed by atoms with Gasteiger partial charge in [0.2, 0.25) is 11.8 Å². The molecule has 0 aliphatic carbocycles. The molecule has 8 heteroatoms. The largest absolute Gasteiger partial charge is 0.444 e. The first-order valence-electron chi connectivity index (χ1n) is 9.90. The van der Waals surface area contributed by atoms with E-state index in [0.717, 1.165) is 17.7 Å². The monoisotopic (exact) mass is 533 g/mol. The third kappa shape index (κ3) is 8.05. The van der Waals surface area contributed by atoms with Gasteiger partial charge in [-0.1, -0.05) is 48.0 Å². The minimum Gasteiger partial charge on any atom is -0.444 e. The molecule has 0 radical (unpaired) electrons. The highest BCUT2D eigenvalue weighted by molar-refractivity contribution is 14.0. The molecule has 0 aliphatic heterocycles. The molecule has 0 spiro atoms. The molecule has 1 aromatic heterocycles. The zero-order valence-corrected chi connectivity index (χ0v) is 20.1. The molecule has 3 rings (SSSR count). The fourth-order valence-electron chi connectivity index (χ4n) is 2.83. The standard InChI is InChI=1S/C23H27N5O2.HI/c1-17-8-10-19(11-9-17)22-28-20(16-30-22)14-26-23(24-2)27-15-21(29)25-13-12-18-6-4-3-5-7-18;/h3-11,16H,12-15H2,1-2H3,(H,25,29)(H2,24,26,27);1H. The molecule has 0 saturated heterocycles. The summed E-state index contributed by atoms with van der Waals surface area (Å²) in [5.41, 5.74) is 4.06. The molecule has 7 nitrogen and oxygen atoms in total. The number of halogens is 1. The summed E-state index contributed by atoms with van der Waals surface area (Å²) in [6, 6.07) is 18.1. The minimum atomic E-state index is -0.0861. The van der Waals surface area contributed by atoms with Gasteiger partial charge in [0.25, 0.3) is 0 Å². The van der Waals surface area contributed by atoms with Crippen LogP contribution in [0.5, 0.6) is 0 Å². The lowest BCUT2D eigenvalue weighted by molar-refractivity contribution is -0.119. The Morgan fingerprint density at radius 1 is 1.03 bits per heavy atom. The molecule has 0 atom stereocenters. The highest BCUT2D eigenvalue weighted by Gasteiger charge is 2.08. The van der Waals surface area contributed by atoms with Crippen LogP contribution in [0.15, 0.2) is 70.3 Å². The maximum atomic E-state index is 12.0. The minimum absolute atomic E-state index is 0. The van der Waals surface area contributed by atoms with Crippen LogP contribution in [-0.2, 0) is 17.8 Å². The second-order valence-corrected chi connectivity index (χ2v) is 6.87. The van der Waals surface area contributed by atoms with Crippen molar-refractivity contribution in [3.05, 3.63) is 77.7 Å². The molecular weight excluding hydrogens is 505 g/mol. The number of nitrogens with one attached hydrogen (secondary N) is 3. The van der Waals surface area contributed by atoms with Crippen molar-refractivity contribution in [2.75, 3.05) is 20.1 Å². The number of benzene rings is 2. The Hall–Kier alpha value is -2.88. The summed E-state index contributed by atoms with van der Waals surface area (Å²) in [5.74, 6) is 1.01. The molecule has 1 amide bonds. The molecular formula is C23H28IN5O2. The van der Waals surface area contributed by atoms with Crippen molar-refractivity contribution in [3.8, 4) is 11.5 Å². The number of guanidine groups is 1. The molecule has 0 bridgehead atoms. The van der Waals surface area contributed by atoms with Crippen molar-refractivity contribution >= 4 is 35.8 Å². The SMILES string of the molecule is CN=C(NCC(=O)NCCc1ccccc1)NCc1coc(-c2ccc(C)cc2)n1.I. The highest BCUT2D eigenvalue weighted by atomic mass is 127. The first-order valence-corrected chi connectivity index (χ1v) is 9.90. The van der Waals surface area contributed by atoms with E-state index in [2.05, 4.69) is 25.9 Å². The average Bonchev–Trinajstić information content (AvgIpc) is 3.24. The molecule has 0 fully saturated rings. The van der Waals surface area contributed by atoms with Crippen LogP contribution in [-0.4, -0.2) is 37.0 Å². The molecule has 31 heavy (non-hydrogen) atoms. The molecule has 3 aromatic rings. The third-order valence-electron chi connectivity index (χ3n) is 4.51. The van der Waals surface area contributed by atoms with E-state index in [-0.39, 0.29) is 36.4 Å². The van der Waals surface area contributed by atoms with E-state index in [4.69, 9.17) is 4.42 Å². The van der Waals surface area contributed by atoms with Gasteiger partial charge in [0.15, 0.2) is 5.96 Å². The van der Waals surface area contributed by atoms with E-state index in [1.54, 1.807) is 13.3 Å². The summed E-state index contributed by atoms with van der Waals surface area (Å²) in [7, 11) is 1.66. The first kappa shape index (κ1) is 24.4. The van der Waals surface area contributed by atoms with Crippen molar-refractivity contribution < 1.29 is 9.21 Å². The lowest BCUT2D eigenvalue weighted by atomic mass is 10.1. The van der Waals surface area contributed by atoms with Gasteiger partial charge in [-0.3, -0.25) is 9.79 Å². The zero-order valence-electron chi connectivity index (χ0n) is 17.7. The van der Waals surface area contributed by atoms with Crippen LogP contribution in [0.25, 0.3) is 11.5 Å². The van der Waals surface area contributed by atoms with Gasteiger partial charge in [0, 0.05) is 19.2 Å². The number of carbonyl (C=O) groups excluding carboxylic acids is 1. The number of aromatic nitrogens is 1. The fourth-order valence-corrected chi connectivity index (χ4v) is 2.83. The number of hydrogen-bond donors (Lipinski definition) is 3. The van der Waals surface area contributed by atoms with E-state index in [0.29, 0.717) is 24.9 Å². The van der Waals surface area contributed by atoms with Crippen molar-refractivity contribution in [1.29, 1.82) is 0 Å². The van der Waals surface area contributed by atoms with Crippen LogP contribution in [0.3, 0.4) is 0 Å². The second kappa shape index (κ2) is 12.7. The molecule has 1 heterocycles. The Morgan fingerprint density at radius 3 is 2.48 bits per heavy atom. The van der Waals surface area contributed by atoms with E-state index in [1.165, 1.54) is 11.1 Å². The topological polar surface area (TPSA) is 91.5 Å². The number of carbonyl (C=O) groups is 1. The summed E-state index contributed by atoms with van der Waals surface area (Å²) in [5, 5.41) is 9.03. The number of amides is 1. The summed E-state index contributed by atoms with van der Waals surface area (Å²) in [6.45, 7) is 3.21. The van der Waals surface area contributed by atoms with Crippen LogP contribution in [0, 0.1) is 6.92 Å². The summed E-state index contributed by atoms with van der Waals surface area (Å²) in [4.78, 5) is 20.7. The Morgan fingerprint density at radius 2 is 1.77 bits per heavy atom. The van der Waals surface area contributed by atoms with Crippen LogP contribution in [0.4, 0.5) is 0 Å². The van der Waals surface area contributed by atoms with Crippen LogP contribution >= 0.6 is 24.0 Å². The summed E-state index contributed by atoms with van der Waals surface area (Å²) in [6.07, 6.45) is 2.42. The normalized spacial score (nSPS) is 10.8. The van der Waals surface area contributed by atoms with E-state index < -0.39 is 0 Å². The average molecular weight is 533 g/mol. The van der Waals surface area contributed by atoms with Crippen molar-refractivity contribution in [3.63, 3.8) is 0 Å². The third-order valence-corrected chi connectivity index (χ3v) is 4.51. The van der Waals surface area contributed by atoms with Gasteiger partial charge in [0.05, 0.1) is 18.8 Å². The summed E-state index contributed by atoms with van der Waals surface area (Å²) >= 11 is 0. The number of aryl methyl sites for hydroxylation is 1. The molecule has 164 valence electrons. The van der Waals surface area contributed by atoms with Gasteiger partial charge >= 0.3 is 0 Å². The van der Waals surface area contributed by atoms with E-state index in [1.807, 2.05) is 61.5 Å². The fraction of sp³-hybridized carbons (Fsp3) is 0.261. The Bertz CT molecular complexity index is 971. The maximum Gasteiger partial charge on any atom is 0.239 e. The van der Waals surface area contributed by atoms with Gasteiger partial charge in [-0.15, -0.1) is 24.0 Å². The van der Waals surface area contributed by atoms with Crippen LogP contribution in [0.1, 0.15) is 16.8 Å². The number of rotatable bonds is 8. The number of oxazole rings is 1. The molecule has 0 unspecified atom stereocenters. The Balaban J connectivity index is 0.00000341. The van der Waals surface area contributed by atoms with Crippen LogP contribution < -0.4 is 16.0 Å².